The molecule has 16 heavy (non-hydrogen) atoms. The summed E-state index contributed by atoms with van der Waals surface area (Å²) >= 11 is 0. The lowest BCUT2D eigenvalue weighted by atomic mass is 10.4. The van der Waals surface area contributed by atoms with E-state index in [9.17, 15) is 10.1 Å². The highest BCUT2D eigenvalue weighted by Crippen LogP contribution is 2.30. The smallest absolute Gasteiger partial charge is 0.372 e. The predicted octanol–water partition coefficient (Wildman–Crippen LogP) is 1.61. The van der Waals surface area contributed by atoms with Gasteiger partial charge in [0.15, 0.2) is 0 Å². The van der Waals surface area contributed by atoms with Crippen molar-refractivity contribution >= 4 is 11.5 Å². The maximum atomic E-state index is 10.8. The number of hydrogen-bond donors (Lipinski definition) is 1. The lowest BCUT2D eigenvalue weighted by Gasteiger charge is -2.06. The summed E-state index contributed by atoms with van der Waals surface area (Å²) in [7, 11) is 1.56. The molecule has 0 saturated carbocycles. The second-order valence-electron chi connectivity index (χ2n) is 3.09. The first-order valence-electron chi connectivity index (χ1n) is 5.00. The average Bonchev–Trinajstić information content (AvgIpc) is 2.28. The van der Waals surface area contributed by atoms with Crippen LogP contribution >= 0.6 is 0 Å². The fraction of sp³-hybridized carbons (Fsp3) is 0.556. The second kappa shape index (κ2) is 5.84. The standard InChI is InChI=1S/C9H14N4O3/c1-3-4-5-16-9-7(13(14)15)8(10-2)11-6-12-9/h6H,3-5H2,1-2H3,(H,10,11,12). The van der Waals surface area contributed by atoms with Gasteiger partial charge in [-0.1, -0.05) is 13.3 Å². The fourth-order valence-corrected chi connectivity index (χ4v) is 1.13. The molecule has 0 saturated heterocycles. The van der Waals surface area contributed by atoms with Gasteiger partial charge in [-0.15, -0.1) is 0 Å². The molecule has 1 heterocycles. The molecule has 0 aliphatic carbocycles. The van der Waals surface area contributed by atoms with Crippen LogP contribution in [0.5, 0.6) is 5.88 Å². The van der Waals surface area contributed by atoms with Crippen molar-refractivity contribution < 1.29 is 9.66 Å². The van der Waals surface area contributed by atoms with Crippen molar-refractivity contribution in [1.82, 2.24) is 9.97 Å². The minimum absolute atomic E-state index is 0.0119. The van der Waals surface area contributed by atoms with Gasteiger partial charge in [0, 0.05) is 7.05 Å². The molecule has 0 radical (unpaired) electrons. The normalized spacial score (nSPS) is 9.88. The fourth-order valence-electron chi connectivity index (χ4n) is 1.13. The van der Waals surface area contributed by atoms with Crippen LogP contribution in [-0.4, -0.2) is 28.5 Å². The van der Waals surface area contributed by atoms with Crippen LogP contribution in [0.4, 0.5) is 11.5 Å². The lowest BCUT2D eigenvalue weighted by Crippen LogP contribution is -2.06. The van der Waals surface area contributed by atoms with Gasteiger partial charge in [0.25, 0.3) is 5.88 Å². The number of aromatic nitrogens is 2. The van der Waals surface area contributed by atoms with Crippen molar-refractivity contribution in [2.45, 2.75) is 19.8 Å². The number of nitro groups is 1. The first-order valence-corrected chi connectivity index (χ1v) is 5.00. The molecule has 0 bridgehead atoms. The molecular weight excluding hydrogens is 212 g/mol. The third kappa shape index (κ3) is 2.78. The Balaban J connectivity index is 2.93. The zero-order chi connectivity index (χ0) is 12.0. The van der Waals surface area contributed by atoms with E-state index >= 15 is 0 Å². The summed E-state index contributed by atoms with van der Waals surface area (Å²) in [5.74, 6) is 0.171. The van der Waals surface area contributed by atoms with Gasteiger partial charge in [0.05, 0.1) is 11.5 Å². The molecule has 0 aliphatic rings. The Bertz CT molecular complexity index is 370. The number of hydrogen-bond acceptors (Lipinski definition) is 6. The van der Waals surface area contributed by atoms with Crippen LogP contribution in [0.25, 0.3) is 0 Å². The maximum absolute atomic E-state index is 10.8. The molecule has 0 spiro atoms. The molecule has 0 amide bonds. The maximum Gasteiger partial charge on any atom is 0.372 e. The first kappa shape index (κ1) is 12.2. The molecule has 88 valence electrons. The Morgan fingerprint density at radius 1 is 1.56 bits per heavy atom. The molecule has 0 aliphatic heterocycles. The van der Waals surface area contributed by atoms with Gasteiger partial charge >= 0.3 is 5.69 Å². The van der Waals surface area contributed by atoms with Crippen LogP contribution < -0.4 is 10.1 Å². The first-order chi connectivity index (χ1) is 7.70. The van der Waals surface area contributed by atoms with Gasteiger partial charge in [-0.2, -0.15) is 4.98 Å². The summed E-state index contributed by atoms with van der Waals surface area (Å²) in [4.78, 5) is 17.8. The van der Waals surface area contributed by atoms with Gasteiger partial charge in [-0.25, -0.2) is 4.98 Å². The third-order valence-electron chi connectivity index (χ3n) is 1.94. The van der Waals surface area contributed by atoms with Crippen molar-refractivity contribution in [3.63, 3.8) is 0 Å². The van der Waals surface area contributed by atoms with Gasteiger partial charge in [0.2, 0.25) is 5.82 Å². The van der Waals surface area contributed by atoms with Crippen molar-refractivity contribution in [2.24, 2.45) is 0 Å². The summed E-state index contributed by atoms with van der Waals surface area (Å²) in [6.07, 6.45) is 3.02. The van der Waals surface area contributed by atoms with Crippen LogP contribution in [0.1, 0.15) is 19.8 Å². The number of ether oxygens (including phenoxy) is 1. The molecule has 0 atom stereocenters. The van der Waals surface area contributed by atoms with Gasteiger partial charge in [-0.3, -0.25) is 10.1 Å². The molecule has 1 rings (SSSR count). The van der Waals surface area contributed by atoms with E-state index in [-0.39, 0.29) is 17.4 Å². The van der Waals surface area contributed by atoms with E-state index in [4.69, 9.17) is 4.74 Å². The molecule has 7 nitrogen and oxygen atoms in total. The number of anilines is 1. The molecule has 0 unspecified atom stereocenters. The van der Waals surface area contributed by atoms with Crippen molar-refractivity contribution in [2.75, 3.05) is 19.0 Å². The molecular formula is C9H14N4O3. The highest BCUT2D eigenvalue weighted by atomic mass is 16.6. The van der Waals surface area contributed by atoms with Crippen LogP contribution in [-0.2, 0) is 0 Å². The number of rotatable bonds is 6. The summed E-state index contributed by atoms with van der Waals surface area (Å²) in [5.41, 5.74) is -0.221. The van der Waals surface area contributed by atoms with Crippen molar-refractivity contribution in [3.05, 3.63) is 16.4 Å². The van der Waals surface area contributed by atoms with Gasteiger partial charge < -0.3 is 10.1 Å². The summed E-state index contributed by atoms with van der Waals surface area (Å²) in [5, 5.41) is 13.5. The third-order valence-corrected chi connectivity index (χ3v) is 1.94. The van der Waals surface area contributed by atoms with Crippen LogP contribution in [0.3, 0.4) is 0 Å². The minimum atomic E-state index is -0.548. The van der Waals surface area contributed by atoms with E-state index in [1.54, 1.807) is 7.05 Å². The second-order valence-corrected chi connectivity index (χ2v) is 3.09. The van der Waals surface area contributed by atoms with Gasteiger partial charge in [0.1, 0.15) is 6.33 Å². The Kier molecular flexibility index (Phi) is 4.43. The van der Waals surface area contributed by atoms with Crippen molar-refractivity contribution in [1.29, 1.82) is 0 Å². The van der Waals surface area contributed by atoms with E-state index in [0.29, 0.717) is 6.61 Å². The molecule has 1 aromatic heterocycles. The monoisotopic (exact) mass is 226 g/mol. The number of nitrogens with zero attached hydrogens (tertiary/aromatic N) is 3. The van der Waals surface area contributed by atoms with E-state index in [0.717, 1.165) is 12.8 Å². The number of unbranched alkanes of at least 4 members (excludes halogenated alkanes) is 1. The molecule has 0 aromatic carbocycles. The molecule has 7 heteroatoms. The Hall–Kier alpha value is -1.92. The van der Waals surface area contributed by atoms with Gasteiger partial charge in [-0.05, 0) is 6.42 Å². The Morgan fingerprint density at radius 3 is 2.88 bits per heavy atom. The summed E-state index contributed by atoms with van der Waals surface area (Å²) in [6, 6.07) is 0. The van der Waals surface area contributed by atoms with E-state index in [1.807, 2.05) is 6.92 Å². The quantitative estimate of drug-likeness (QED) is 0.450. The largest absolute Gasteiger partial charge is 0.473 e. The van der Waals surface area contributed by atoms with Crippen LogP contribution in [0.15, 0.2) is 6.33 Å². The van der Waals surface area contributed by atoms with E-state index in [2.05, 4.69) is 15.3 Å². The van der Waals surface area contributed by atoms with E-state index in [1.165, 1.54) is 6.33 Å². The molecule has 1 N–H and O–H groups in total. The molecule has 0 fully saturated rings. The zero-order valence-electron chi connectivity index (χ0n) is 9.27. The molecule has 1 aromatic rings. The Morgan fingerprint density at radius 2 is 2.31 bits per heavy atom. The van der Waals surface area contributed by atoms with Crippen molar-refractivity contribution in [3.8, 4) is 5.88 Å². The highest BCUT2D eigenvalue weighted by Gasteiger charge is 2.23. The van der Waals surface area contributed by atoms with E-state index < -0.39 is 4.92 Å². The Labute approximate surface area is 93.0 Å². The number of nitrogens with one attached hydrogen (secondary N) is 1. The summed E-state index contributed by atoms with van der Waals surface area (Å²) < 4.78 is 5.25. The SMILES string of the molecule is CCCCOc1ncnc(NC)c1[N+](=O)[O-]. The topological polar surface area (TPSA) is 90.2 Å². The van der Waals surface area contributed by atoms with Crippen LogP contribution in [0, 0.1) is 10.1 Å². The van der Waals surface area contributed by atoms with Crippen LogP contribution in [0.2, 0.25) is 0 Å². The minimum Gasteiger partial charge on any atom is -0.473 e. The highest BCUT2D eigenvalue weighted by molar-refractivity contribution is 5.60. The average molecular weight is 226 g/mol. The zero-order valence-corrected chi connectivity index (χ0v) is 9.27. The predicted molar refractivity (Wildman–Crippen MR) is 58.6 cm³/mol. The summed E-state index contributed by atoms with van der Waals surface area (Å²) in [6.45, 7) is 2.42. The lowest BCUT2D eigenvalue weighted by molar-refractivity contribution is -0.385.